The van der Waals surface area contributed by atoms with Gasteiger partial charge in [-0.1, -0.05) is 18.0 Å². The smallest absolute Gasteiger partial charge is 0.356 e. The summed E-state index contributed by atoms with van der Waals surface area (Å²) in [7, 11) is 0. The highest BCUT2D eigenvalue weighted by Gasteiger charge is 2.35. The van der Waals surface area contributed by atoms with E-state index >= 15 is 0 Å². The van der Waals surface area contributed by atoms with E-state index in [9.17, 15) is 4.79 Å². The topological polar surface area (TPSA) is 56.7 Å². The molecule has 1 aromatic heterocycles. The predicted octanol–water partition coefficient (Wildman–Crippen LogP) is 2.50. The van der Waals surface area contributed by atoms with E-state index in [1.807, 2.05) is 0 Å². The molecule has 114 valence electrons. The van der Waals surface area contributed by atoms with E-state index in [0.29, 0.717) is 17.9 Å². The summed E-state index contributed by atoms with van der Waals surface area (Å²) < 4.78 is 0. The maximum atomic E-state index is 11.1. The first kappa shape index (κ1) is 14.6. The Kier molecular flexibility index (Phi) is 4.04. The van der Waals surface area contributed by atoms with Gasteiger partial charge in [0.25, 0.3) is 0 Å². The van der Waals surface area contributed by atoms with Crippen LogP contribution < -0.4 is 4.90 Å². The highest BCUT2D eigenvalue weighted by atomic mass is 35.5. The summed E-state index contributed by atoms with van der Waals surface area (Å²) in [5.74, 6) is -0.374. The Morgan fingerprint density at radius 2 is 2.14 bits per heavy atom. The number of carboxylic acids is 1. The molecule has 0 spiro atoms. The molecule has 0 unspecified atom stereocenters. The van der Waals surface area contributed by atoms with Crippen molar-refractivity contribution in [3.63, 3.8) is 0 Å². The molecule has 2 saturated heterocycles. The number of pyridine rings is 1. The van der Waals surface area contributed by atoms with Crippen molar-refractivity contribution >= 4 is 23.4 Å². The molecule has 1 N–H and O–H groups in total. The number of aromatic nitrogens is 1. The second-order valence-corrected chi connectivity index (χ2v) is 6.35. The summed E-state index contributed by atoms with van der Waals surface area (Å²) in [6.07, 6.45) is 3.89. The molecular weight excluding hydrogens is 290 g/mol. The van der Waals surface area contributed by atoms with Crippen LogP contribution in [-0.4, -0.2) is 52.7 Å². The van der Waals surface area contributed by atoms with E-state index in [1.54, 1.807) is 12.1 Å². The molecule has 6 heteroatoms. The number of halogens is 1. The number of carbonyl (C=O) groups is 1. The van der Waals surface area contributed by atoms with Crippen LogP contribution in [0.4, 0.5) is 5.82 Å². The largest absolute Gasteiger partial charge is 0.476 e. The number of anilines is 1. The van der Waals surface area contributed by atoms with Crippen molar-refractivity contribution in [3.8, 4) is 0 Å². The molecule has 5 nitrogen and oxygen atoms in total. The molecule has 3 heterocycles. The molecule has 2 aliphatic heterocycles. The Morgan fingerprint density at radius 1 is 1.38 bits per heavy atom. The first-order valence-corrected chi connectivity index (χ1v) is 7.84. The van der Waals surface area contributed by atoms with E-state index in [4.69, 9.17) is 16.7 Å². The van der Waals surface area contributed by atoms with Gasteiger partial charge in [0.15, 0.2) is 5.69 Å². The van der Waals surface area contributed by atoms with Crippen LogP contribution in [0, 0.1) is 0 Å². The minimum atomic E-state index is -1.08. The predicted molar refractivity (Wildman–Crippen MR) is 82.2 cm³/mol. The summed E-state index contributed by atoms with van der Waals surface area (Å²) in [4.78, 5) is 19.9. The number of hydrogen-bond acceptors (Lipinski definition) is 4. The van der Waals surface area contributed by atoms with Crippen LogP contribution in [0.3, 0.4) is 0 Å². The van der Waals surface area contributed by atoms with Crippen LogP contribution >= 0.6 is 11.6 Å². The fourth-order valence-corrected chi connectivity index (χ4v) is 3.46. The van der Waals surface area contributed by atoms with Crippen molar-refractivity contribution in [2.45, 2.75) is 38.3 Å². The van der Waals surface area contributed by atoms with E-state index in [-0.39, 0.29) is 10.7 Å². The second-order valence-electron chi connectivity index (χ2n) is 5.95. The number of aromatic carboxylic acids is 1. The second kappa shape index (κ2) is 5.81. The summed E-state index contributed by atoms with van der Waals surface area (Å²) >= 11 is 5.86. The third-order valence-electron chi connectivity index (χ3n) is 4.54. The molecule has 0 saturated carbocycles. The van der Waals surface area contributed by atoms with Gasteiger partial charge in [-0.25, -0.2) is 9.78 Å². The molecule has 0 bridgehead atoms. The van der Waals surface area contributed by atoms with Crippen LogP contribution in [0.5, 0.6) is 0 Å². The molecule has 0 amide bonds. The van der Waals surface area contributed by atoms with Gasteiger partial charge in [-0.3, -0.25) is 4.90 Å². The average Bonchev–Trinajstić information content (AvgIpc) is 2.40. The highest BCUT2D eigenvalue weighted by Crippen LogP contribution is 2.28. The van der Waals surface area contributed by atoms with Gasteiger partial charge in [0, 0.05) is 25.2 Å². The Labute approximate surface area is 129 Å². The van der Waals surface area contributed by atoms with Gasteiger partial charge >= 0.3 is 5.97 Å². The van der Waals surface area contributed by atoms with Crippen molar-refractivity contribution in [1.29, 1.82) is 0 Å². The van der Waals surface area contributed by atoms with Crippen LogP contribution in [0.15, 0.2) is 12.1 Å². The molecule has 1 atom stereocenters. The zero-order valence-electron chi connectivity index (χ0n) is 12.1. The Bertz CT molecular complexity index is 546. The highest BCUT2D eigenvalue weighted by molar-refractivity contribution is 6.33. The van der Waals surface area contributed by atoms with Crippen molar-refractivity contribution in [2.75, 3.05) is 24.5 Å². The lowest BCUT2D eigenvalue weighted by molar-refractivity contribution is 0.0690. The van der Waals surface area contributed by atoms with Crippen LogP contribution in [0.1, 0.15) is 36.7 Å². The SMILES string of the molecule is C[C@@H]1CCCCN1C1CN(c2ccc(Cl)c(C(=O)O)n2)C1. The molecule has 3 rings (SSSR count). The first-order chi connectivity index (χ1) is 10.1. The van der Waals surface area contributed by atoms with E-state index in [2.05, 4.69) is 21.7 Å². The Balaban J connectivity index is 1.66. The fraction of sp³-hybridized carbons (Fsp3) is 0.600. The van der Waals surface area contributed by atoms with Gasteiger partial charge in [-0.2, -0.15) is 0 Å². The third-order valence-corrected chi connectivity index (χ3v) is 4.85. The first-order valence-electron chi connectivity index (χ1n) is 7.47. The van der Waals surface area contributed by atoms with Gasteiger partial charge < -0.3 is 10.0 Å². The van der Waals surface area contributed by atoms with Crippen molar-refractivity contribution in [2.24, 2.45) is 0 Å². The molecule has 1 aromatic rings. The van der Waals surface area contributed by atoms with Gasteiger partial charge in [-0.05, 0) is 38.4 Å². The maximum Gasteiger partial charge on any atom is 0.356 e. The van der Waals surface area contributed by atoms with E-state index in [0.717, 1.165) is 13.1 Å². The van der Waals surface area contributed by atoms with Gasteiger partial charge in [0.1, 0.15) is 5.82 Å². The van der Waals surface area contributed by atoms with Gasteiger partial charge in [0.05, 0.1) is 5.02 Å². The van der Waals surface area contributed by atoms with E-state index in [1.165, 1.54) is 25.8 Å². The standard InChI is InChI=1S/C15H20ClN3O2/c1-10-4-2-3-7-19(10)11-8-18(9-11)13-6-5-12(16)14(17-13)15(20)21/h5-6,10-11H,2-4,7-9H2,1H3,(H,20,21)/t10-/m1/s1. The Hall–Kier alpha value is -1.33. The number of nitrogens with zero attached hydrogens (tertiary/aromatic N) is 3. The lowest BCUT2D eigenvalue weighted by Gasteiger charge is -2.49. The molecule has 0 radical (unpaired) electrons. The van der Waals surface area contributed by atoms with Crippen LogP contribution in [-0.2, 0) is 0 Å². The number of hydrogen-bond donors (Lipinski definition) is 1. The zero-order chi connectivity index (χ0) is 15.0. The molecule has 0 aromatic carbocycles. The van der Waals surface area contributed by atoms with Crippen molar-refractivity contribution < 1.29 is 9.90 Å². The molecule has 21 heavy (non-hydrogen) atoms. The normalized spacial score (nSPS) is 23.9. The summed E-state index contributed by atoms with van der Waals surface area (Å²) in [5, 5.41) is 9.27. The summed E-state index contributed by atoms with van der Waals surface area (Å²) in [6, 6.07) is 4.62. The molecule has 2 aliphatic rings. The zero-order valence-corrected chi connectivity index (χ0v) is 12.9. The molecular formula is C15H20ClN3O2. The van der Waals surface area contributed by atoms with Crippen LogP contribution in [0.25, 0.3) is 0 Å². The average molecular weight is 310 g/mol. The molecule has 2 fully saturated rings. The number of carboxylic acid groups (broad SMARTS) is 1. The molecule has 0 aliphatic carbocycles. The van der Waals surface area contributed by atoms with Crippen molar-refractivity contribution in [1.82, 2.24) is 9.88 Å². The summed E-state index contributed by atoms with van der Waals surface area (Å²) in [5.41, 5.74) is -0.0658. The minimum absolute atomic E-state index is 0.0658. The van der Waals surface area contributed by atoms with Gasteiger partial charge in [-0.15, -0.1) is 0 Å². The number of likely N-dealkylation sites (tertiary alicyclic amines) is 1. The number of rotatable bonds is 3. The lowest BCUT2D eigenvalue weighted by Crippen LogP contribution is -2.62. The maximum absolute atomic E-state index is 11.1. The van der Waals surface area contributed by atoms with Gasteiger partial charge in [0.2, 0.25) is 0 Å². The third kappa shape index (κ3) is 2.85. The monoisotopic (exact) mass is 309 g/mol. The summed E-state index contributed by atoms with van der Waals surface area (Å²) in [6.45, 7) is 5.30. The minimum Gasteiger partial charge on any atom is -0.476 e. The quantitative estimate of drug-likeness (QED) is 0.929. The van der Waals surface area contributed by atoms with E-state index < -0.39 is 5.97 Å². The Morgan fingerprint density at radius 3 is 2.81 bits per heavy atom. The van der Waals surface area contributed by atoms with Crippen LogP contribution in [0.2, 0.25) is 5.02 Å². The fourth-order valence-electron chi connectivity index (χ4n) is 3.27. The lowest BCUT2D eigenvalue weighted by atomic mass is 9.97. The van der Waals surface area contributed by atoms with Crippen molar-refractivity contribution in [3.05, 3.63) is 22.8 Å². The number of piperidine rings is 1.